The Kier molecular flexibility index (Phi) is 3.99. The maximum Gasteiger partial charge on any atom is 0.257 e. The summed E-state index contributed by atoms with van der Waals surface area (Å²) in [4.78, 5) is 17.3. The van der Waals surface area contributed by atoms with Crippen LogP contribution in [0.3, 0.4) is 0 Å². The van der Waals surface area contributed by atoms with Crippen molar-refractivity contribution in [1.29, 1.82) is 0 Å². The molecule has 0 aliphatic carbocycles. The highest BCUT2D eigenvalue weighted by Gasteiger charge is 2.10. The maximum atomic E-state index is 12.1. The summed E-state index contributed by atoms with van der Waals surface area (Å²) < 4.78 is 0. The largest absolute Gasteiger partial charge is 0.307 e. The summed E-state index contributed by atoms with van der Waals surface area (Å²) in [5.74, 6) is 0.443. The number of nitrogens with zero attached hydrogens (tertiary/aromatic N) is 1. The summed E-state index contributed by atoms with van der Waals surface area (Å²) in [7, 11) is 0. The molecule has 1 aromatic carbocycles. The molecule has 0 unspecified atom stereocenters. The number of carbonyl (C=O) groups excluding carboxylic acids is 1. The second-order valence-corrected chi connectivity index (χ2v) is 4.73. The molecular formula is C14H14N2OS. The summed E-state index contributed by atoms with van der Waals surface area (Å²) in [6.45, 7) is 1.93. The highest BCUT2D eigenvalue weighted by molar-refractivity contribution is 7.98. The van der Waals surface area contributed by atoms with Crippen molar-refractivity contribution in [3.05, 3.63) is 53.7 Å². The van der Waals surface area contributed by atoms with E-state index in [4.69, 9.17) is 0 Å². The lowest BCUT2D eigenvalue weighted by Crippen LogP contribution is -2.14. The van der Waals surface area contributed by atoms with Crippen molar-refractivity contribution in [2.24, 2.45) is 0 Å². The van der Waals surface area contributed by atoms with Crippen LogP contribution in [0.4, 0.5) is 5.82 Å². The van der Waals surface area contributed by atoms with Crippen LogP contribution in [0.2, 0.25) is 0 Å². The summed E-state index contributed by atoms with van der Waals surface area (Å²) in [5, 5.41) is 2.79. The maximum absolute atomic E-state index is 12.1. The number of benzene rings is 1. The molecule has 0 saturated heterocycles. The Morgan fingerprint density at radius 1 is 1.28 bits per heavy atom. The monoisotopic (exact) mass is 258 g/mol. The number of anilines is 1. The normalized spacial score (nSPS) is 10.1. The SMILES string of the molecule is CSc1ccc(C)c(C(=O)Nc2ccccn2)c1. The van der Waals surface area contributed by atoms with Crippen LogP contribution < -0.4 is 5.32 Å². The van der Waals surface area contributed by atoms with E-state index in [-0.39, 0.29) is 5.91 Å². The highest BCUT2D eigenvalue weighted by atomic mass is 32.2. The zero-order chi connectivity index (χ0) is 13.0. The number of hydrogen-bond acceptors (Lipinski definition) is 3. The average molecular weight is 258 g/mol. The third-order valence-electron chi connectivity index (χ3n) is 2.60. The molecule has 4 heteroatoms. The Balaban J connectivity index is 2.23. The number of thioether (sulfide) groups is 1. The van der Waals surface area contributed by atoms with Gasteiger partial charge in [0.25, 0.3) is 5.91 Å². The minimum Gasteiger partial charge on any atom is -0.307 e. The van der Waals surface area contributed by atoms with Crippen LogP contribution in [-0.2, 0) is 0 Å². The number of pyridine rings is 1. The molecule has 1 amide bonds. The van der Waals surface area contributed by atoms with Gasteiger partial charge in [-0.1, -0.05) is 12.1 Å². The van der Waals surface area contributed by atoms with Crippen LogP contribution in [0.25, 0.3) is 0 Å². The highest BCUT2D eigenvalue weighted by Crippen LogP contribution is 2.19. The topological polar surface area (TPSA) is 42.0 Å². The number of aromatic nitrogens is 1. The smallest absolute Gasteiger partial charge is 0.257 e. The van der Waals surface area contributed by atoms with E-state index in [0.29, 0.717) is 11.4 Å². The fourth-order valence-electron chi connectivity index (χ4n) is 1.59. The fraction of sp³-hybridized carbons (Fsp3) is 0.143. The Morgan fingerprint density at radius 2 is 2.11 bits per heavy atom. The van der Waals surface area contributed by atoms with Crippen LogP contribution in [0.5, 0.6) is 0 Å². The second kappa shape index (κ2) is 5.69. The van der Waals surface area contributed by atoms with E-state index < -0.39 is 0 Å². The van der Waals surface area contributed by atoms with Crippen LogP contribution >= 0.6 is 11.8 Å². The molecule has 0 bridgehead atoms. The first kappa shape index (κ1) is 12.6. The van der Waals surface area contributed by atoms with Crippen molar-refractivity contribution < 1.29 is 4.79 Å². The van der Waals surface area contributed by atoms with Gasteiger partial charge in [0.15, 0.2) is 0 Å². The Morgan fingerprint density at radius 3 is 2.78 bits per heavy atom. The van der Waals surface area contributed by atoms with Gasteiger partial charge in [-0.3, -0.25) is 4.79 Å². The standard InChI is InChI=1S/C14H14N2OS/c1-10-6-7-11(18-2)9-12(10)14(17)16-13-5-3-4-8-15-13/h3-9H,1-2H3,(H,15,16,17). The first-order chi connectivity index (χ1) is 8.70. The average Bonchev–Trinajstić information content (AvgIpc) is 2.40. The molecule has 92 valence electrons. The molecule has 0 spiro atoms. The summed E-state index contributed by atoms with van der Waals surface area (Å²) in [6.07, 6.45) is 3.64. The zero-order valence-corrected chi connectivity index (χ0v) is 11.1. The van der Waals surface area contributed by atoms with Crippen molar-refractivity contribution in [3.63, 3.8) is 0 Å². The van der Waals surface area contributed by atoms with Gasteiger partial charge in [0.2, 0.25) is 0 Å². The number of rotatable bonds is 3. The molecule has 0 radical (unpaired) electrons. The van der Waals surface area contributed by atoms with Crippen molar-refractivity contribution in [2.75, 3.05) is 11.6 Å². The van der Waals surface area contributed by atoms with Crippen LogP contribution in [-0.4, -0.2) is 17.1 Å². The predicted octanol–water partition coefficient (Wildman–Crippen LogP) is 3.36. The van der Waals surface area contributed by atoms with E-state index in [1.807, 2.05) is 43.5 Å². The van der Waals surface area contributed by atoms with E-state index in [9.17, 15) is 4.79 Å². The first-order valence-corrected chi connectivity index (χ1v) is 6.80. The van der Waals surface area contributed by atoms with E-state index in [1.54, 1.807) is 24.0 Å². The molecule has 1 aromatic heterocycles. The minimum absolute atomic E-state index is 0.123. The molecular weight excluding hydrogens is 244 g/mol. The van der Waals surface area contributed by atoms with Gasteiger partial charge in [0, 0.05) is 16.7 Å². The van der Waals surface area contributed by atoms with Crippen LogP contribution in [0.15, 0.2) is 47.5 Å². The molecule has 0 aliphatic rings. The molecule has 0 aliphatic heterocycles. The lowest BCUT2D eigenvalue weighted by molar-refractivity contribution is 0.102. The minimum atomic E-state index is -0.123. The molecule has 0 atom stereocenters. The van der Waals surface area contributed by atoms with Crippen LogP contribution in [0.1, 0.15) is 15.9 Å². The van der Waals surface area contributed by atoms with Crippen molar-refractivity contribution in [1.82, 2.24) is 4.98 Å². The summed E-state index contributed by atoms with van der Waals surface area (Å²) in [5.41, 5.74) is 1.65. The van der Waals surface area contributed by atoms with Gasteiger partial charge in [-0.2, -0.15) is 0 Å². The van der Waals surface area contributed by atoms with Gasteiger partial charge < -0.3 is 5.32 Å². The van der Waals surface area contributed by atoms with Crippen molar-refractivity contribution in [3.8, 4) is 0 Å². The third-order valence-corrected chi connectivity index (χ3v) is 3.32. The van der Waals surface area contributed by atoms with Gasteiger partial charge in [-0.25, -0.2) is 4.98 Å². The van der Waals surface area contributed by atoms with Crippen molar-refractivity contribution >= 4 is 23.5 Å². The lowest BCUT2D eigenvalue weighted by atomic mass is 10.1. The fourth-order valence-corrected chi connectivity index (χ4v) is 2.03. The zero-order valence-electron chi connectivity index (χ0n) is 10.3. The van der Waals surface area contributed by atoms with E-state index >= 15 is 0 Å². The molecule has 2 aromatic rings. The predicted molar refractivity (Wildman–Crippen MR) is 75.2 cm³/mol. The Bertz CT molecular complexity index is 555. The van der Waals surface area contributed by atoms with E-state index in [1.165, 1.54) is 0 Å². The number of amides is 1. The van der Waals surface area contributed by atoms with Gasteiger partial charge >= 0.3 is 0 Å². The molecule has 3 nitrogen and oxygen atoms in total. The van der Waals surface area contributed by atoms with Gasteiger partial charge in [0.05, 0.1) is 0 Å². The molecule has 1 N–H and O–H groups in total. The van der Waals surface area contributed by atoms with E-state index in [0.717, 1.165) is 10.5 Å². The number of hydrogen-bond donors (Lipinski definition) is 1. The number of aryl methyl sites for hydroxylation is 1. The first-order valence-electron chi connectivity index (χ1n) is 5.58. The number of nitrogens with one attached hydrogen (secondary N) is 1. The molecule has 18 heavy (non-hydrogen) atoms. The quantitative estimate of drug-likeness (QED) is 0.858. The summed E-state index contributed by atoms with van der Waals surface area (Å²) >= 11 is 1.62. The molecule has 2 rings (SSSR count). The molecule has 0 saturated carbocycles. The number of carbonyl (C=O) groups is 1. The van der Waals surface area contributed by atoms with Crippen molar-refractivity contribution in [2.45, 2.75) is 11.8 Å². The lowest BCUT2D eigenvalue weighted by Gasteiger charge is -2.08. The second-order valence-electron chi connectivity index (χ2n) is 3.85. The van der Waals surface area contributed by atoms with E-state index in [2.05, 4.69) is 10.3 Å². The third kappa shape index (κ3) is 2.90. The summed E-state index contributed by atoms with van der Waals surface area (Å²) in [6, 6.07) is 11.3. The van der Waals surface area contributed by atoms with Gasteiger partial charge in [-0.15, -0.1) is 11.8 Å². The Hall–Kier alpha value is -1.81. The Labute approximate surface area is 111 Å². The van der Waals surface area contributed by atoms with Crippen LogP contribution in [0, 0.1) is 6.92 Å². The molecule has 1 heterocycles. The van der Waals surface area contributed by atoms with Gasteiger partial charge in [-0.05, 0) is 43.0 Å². The van der Waals surface area contributed by atoms with Gasteiger partial charge in [0.1, 0.15) is 5.82 Å². The molecule has 0 fully saturated rings.